The van der Waals surface area contributed by atoms with E-state index >= 15 is 0 Å². The summed E-state index contributed by atoms with van der Waals surface area (Å²) in [6, 6.07) is 11.3. The molecule has 1 atom stereocenters. The highest BCUT2D eigenvalue weighted by Crippen LogP contribution is 2.20. The fourth-order valence-electron chi connectivity index (χ4n) is 3.59. The SMILES string of the molecule is CN=C(NCCCn1nc(C)cc1C)NC1CCN(c2ccc(C)cc2)C1. The molecule has 1 aromatic carbocycles. The van der Waals surface area contributed by atoms with Gasteiger partial charge in [-0.2, -0.15) is 5.10 Å². The molecule has 1 aliphatic rings. The van der Waals surface area contributed by atoms with Crippen LogP contribution >= 0.6 is 0 Å². The Morgan fingerprint density at radius 3 is 2.67 bits per heavy atom. The van der Waals surface area contributed by atoms with E-state index in [0.717, 1.165) is 50.7 Å². The van der Waals surface area contributed by atoms with Crippen LogP contribution in [0.3, 0.4) is 0 Å². The van der Waals surface area contributed by atoms with Gasteiger partial charge >= 0.3 is 0 Å². The van der Waals surface area contributed by atoms with Crippen molar-refractivity contribution in [2.24, 2.45) is 4.99 Å². The molecule has 0 spiro atoms. The van der Waals surface area contributed by atoms with Crippen LogP contribution in [0.15, 0.2) is 35.3 Å². The number of guanidine groups is 1. The third-order valence-electron chi connectivity index (χ3n) is 5.09. The van der Waals surface area contributed by atoms with Gasteiger partial charge in [0, 0.05) is 50.6 Å². The second-order valence-electron chi connectivity index (χ2n) is 7.41. The Morgan fingerprint density at radius 2 is 2.00 bits per heavy atom. The molecule has 0 saturated carbocycles. The molecule has 1 fully saturated rings. The van der Waals surface area contributed by atoms with E-state index < -0.39 is 0 Å². The van der Waals surface area contributed by atoms with Crippen molar-refractivity contribution in [2.45, 2.75) is 46.2 Å². The average molecular weight is 369 g/mol. The van der Waals surface area contributed by atoms with Gasteiger partial charge in [0.05, 0.1) is 5.69 Å². The Hall–Kier alpha value is -2.50. The van der Waals surface area contributed by atoms with Crippen LogP contribution in [0.2, 0.25) is 0 Å². The molecule has 146 valence electrons. The molecule has 0 amide bonds. The molecule has 2 aromatic rings. The van der Waals surface area contributed by atoms with Crippen LogP contribution in [0, 0.1) is 20.8 Å². The predicted octanol–water partition coefficient (Wildman–Crippen LogP) is 2.64. The standard InChI is InChI=1S/C21H32N6/c1-16-6-8-20(9-7-16)26-13-10-19(15-26)24-21(22-4)23-11-5-12-27-18(3)14-17(2)25-27/h6-9,14,19H,5,10-13,15H2,1-4H3,(H2,22,23,24). The Morgan fingerprint density at radius 1 is 1.22 bits per heavy atom. The first kappa shape index (κ1) is 19.3. The van der Waals surface area contributed by atoms with E-state index in [1.807, 2.05) is 14.0 Å². The summed E-state index contributed by atoms with van der Waals surface area (Å²) in [6.45, 7) is 10.2. The van der Waals surface area contributed by atoms with Crippen LogP contribution in [-0.4, -0.2) is 48.5 Å². The van der Waals surface area contributed by atoms with Crippen molar-refractivity contribution in [2.75, 3.05) is 31.6 Å². The van der Waals surface area contributed by atoms with Crippen LogP contribution in [0.4, 0.5) is 5.69 Å². The van der Waals surface area contributed by atoms with Gasteiger partial charge < -0.3 is 15.5 Å². The fraction of sp³-hybridized carbons (Fsp3) is 0.524. The first-order valence-corrected chi connectivity index (χ1v) is 9.85. The Kier molecular flexibility index (Phi) is 6.37. The lowest BCUT2D eigenvalue weighted by Gasteiger charge is -2.20. The molecule has 1 aliphatic heterocycles. The van der Waals surface area contributed by atoms with Gasteiger partial charge in [0.15, 0.2) is 5.96 Å². The third kappa shape index (κ3) is 5.25. The van der Waals surface area contributed by atoms with E-state index in [4.69, 9.17) is 0 Å². The summed E-state index contributed by atoms with van der Waals surface area (Å²) in [5.74, 6) is 0.888. The fourth-order valence-corrected chi connectivity index (χ4v) is 3.59. The van der Waals surface area contributed by atoms with Crippen LogP contribution in [0.5, 0.6) is 0 Å². The van der Waals surface area contributed by atoms with Crippen molar-refractivity contribution in [3.63, 3.8) is 0 Å². The predicted molar refractivity (Wildman–Crippen MR) is 113 cm³/mol. The number of anilines is 1. The summed E-state index contributed by atoms with van der Waals surface area (Å²) < 4.78 is 2.07. The number of rotatable bonds is 6. The Bertz CT molecular complexity index is 761. The molecule has 1 saturated heterocycles. The van der Waals surface area contributed by atoms with Crippen molar-refractivity contribution < 1.29 is 0 Å². The number of hydrogen-bond acceptors (Lipinski definition) is 3. The molecular weight excluding hydrogens is 336 g/mol. The second kappa shape index (κ2) is 8.93. The van der Waals surface area contributed by atoms with Crippen molar-refractivity contribution in [1.82, 2.24) is 20.4 Å². The zero-order valence-electron chi connectivity index (χ0n) is 17.0. The van der Waals surface area contributed by atoms with E-state index in [-0.39, 0.29) is 0 Å². The average Bonchev–Trinajstić information content (AvgIpc) is 3.24. The number of aryl methyl sites for hydroxylation is 4. The summed E-state index contributed by atoms with van der Waals surface area (Å²) >= 11 is 0. The summed E-state index contributed by atoms with van der Waals surface area (Å²) in [6.07, 6.45) is 2.14. The monoisotopic (exact) mass is 368 g/mol. The minimum atomic E-state index is 0.425. The van der Waals surface area contributed by atoms with Crippen molar-refractivity contribution in [1.29, 1.82) is 0 Å². The summed E-state index contributed by atoms with van der Waals surface area (Å²) in [4.78, 5) is 6.82. The first-order valence-electron chi connectivity index (χ1n) is 9.85. The Labute approximate surface area is 162 Å². The first-order chi connectivity index (χ1) is 13.0. The maximum atomic E-state index is 4.51. The molecule has 2 N–H and O–H groups in total. The largest absolute Gasteiger partial charge is 0.369 e. The van der Waals surface area contributed by atoms with Crippen molar-refractivity contribution in [3.05, 3.63) is 47.3 Å². The van der Waals surface area contributed by atoms with Gasteiger partial charge in [-0.1, -0.05) is 17.7 Å². The van der Waals surface area contributed by atoms with Crippen LogP contribution in [0.1, 0.15) is 29.8 Å². The van der Waals surface area contributed by atoms with Gasteiger partial charge in [-0.3, -0.25) is 9.67 Å². The highest BCUT2D eigenvalue weighted by Gasteiger charge is 2.23. The molecule has 1 aromatic heterocycles. The lowest BCUT2D eigenvalue weighted by atomic mass is 10.2. The lowest BCUT2D eigenvalue weighted by Crippen LogP contribution is -2.45. The van der Waals surface area contributed by atoms with E-state index in [0.29, 0.717) is 6.04 Å². The van der Waals surface area contributed by atoms with Crippen molar-refractivity contribution in [3.8, 4) is 0 Å². The van der Waals surface area contributed by atoms with E-state index in [1.54, 1.807) is 0 Å². The maximum absolute atomic E-state index is 4.51. The number of aliphatic imine (C=N–C) groups is 1. The second-order valence-corrected chi connectivity index (χ2v) is 7.41. The number of hydrogen-bond donors (Lipinski definition) is 2. The number of nitrogens with zero attached hydrogens (tertiary/aromatic N) is 4. The maximum Gasteiger partial charge on any atom is 0.191 e. The molecule has 0 bridgehead atoms. The summed E-state index contributed by atoms with van der Waals surface area (Å²) in [5, 5.41) is 11.5. The normalized spacial score (nSPS) is 17.4. The molecule has 27 heavy (non-hydrogen) atoms. The van der Waals surface area contributed by atoms with Gasteiger partial charge in [0.25, 0.3) is 0 Å². The number of benzene rings is 1. The van der Waals surface area contributed by atoms with Crippen molar-refractivity contribution >= 4 is 11.6 Å². The molecule has 0 aliphatic carbocycles. The zero-order valence-corrected chi connectivity index (χ0v) is 17.0. The topological polar surface area (TPSA) is 57.5 Å². The summed E-state index contributed by atoms with van der Waals surface area (Å²) in [5.41, 5.74) is 4.91. The van der Waals surface area contributed by atoms with Gasteiger partial charge in [0.1, 0.15) is 0 Å². The molecule has 1 unspecified atom stereocenters. The number of nitrogens with one attached hydrogen (secondary N) is 2. The zero-order chi connectivity index (χ0) is 19.2. The molecule has 2 heterocycles. The van der Waals surface area contributed by atoms with Crippen LogP contribution in [-0.2, 0) is 6.54 Å². The van der Waals surface area contributed by atoms with E-state index in [1.165, 1.54) is 16.9 Å². The third-order valence-corrected chi connectivity index (χ3v) is 5.09. The molecule has 3 rings (SSSR count). The molecule has 6 nitrogen and oxygen atoms in total. The van der Waals surface area contributed by atoms with Crippen LogP contribution in [0.25, 0.3) is 0 Å². The van der Waals surface area contributed by atoms with Gasteiger partial charge in [-0.25, -0.2) is 0 Å². The smallest absolute Gasteiger partial charge is 0.191 e. The van der Waals surface area contributed by atoms with Gasteiger partial charge in [-0.05, 0) is 51.8 Å². The van der Waals surface area contributed by atoms with Gasteiger partial charge in [-0.15, -0.1) is 0 Å². The summed E-state index contributed by atoms with van der Waals surface area (Å²) in [7, 11) is 1.84. The highest BCUT2D eigenvalue weighted by molar-refractivity contribution is 5.80. The molecule has 6 heteroatoms. The minimum Gasteiger partial charge on any atom is -0.369 e. The van der Waals surface area contributed by atoms with Crippen LogP contribution < -0.4 is 15.5 Å². The number of aromatic nitrogens is 2. The quantitative estimate of drug-likeness (QED) is 0.468. The Balaban J connectivity index is 1.41. The van der Waals surface area contributed by atoms with Gasteiger partial charge in [0.2, 0.25) is 0 Å². The molecule has 0 radical (unpaired) electrons. The highest BCUT2D eigenvalue weighted by atomic mass is 15.3. The lowest BCUT2D eigenvalue weighted by molar-refractivity contribution is 0.552. The minimum absolute atomic E-state index is 0.425. The van der Waals surface area contributed by atoms with E-state index in [9.17, 15) is 0 Å². The van der Waals surface area contributed by atoms with E-state index in [2.05, 4.69) is 74.5 Å². The molecular formula is C21H32N6.